The Morgan fingerprint density at radius 2 is 1.64 bits per heavy atom. The van der Waals surface area contributed by atoms with E-state index >= 15 is 0 Å². The van der Waals surface area contributed by atoms with Gasteiger partial charge in [-0.2, -0.15) is 0 Å². The molecule has 6 atom stereocenters. The standard InChI is InChI=1S/C10H15N/c11-10-2-5-1-6(3-10)9-7(4-10)8(5)9/h5-9H,1-4,11H2/t5-,6+,7?,8?,9?,10?. The molecule has 5 rings (SSSR count). The smallest absolute Gasteiger partial charge is 0.0162 e. The molecular weight excluding hydrogens is 134 g/mol. The molecule has 5 aliphatic rings. The lowest BCUT2D eigenvalue weighted by atomic mass is 9.63. The van der Waals surface area contributed by atoms with Crippen molar-refractivity contribution < 1.29 is 0 Å². The van der Waals surface area contributed by atoms with Crippen LogP contribution in [0.2, 0.25) is 0 Å². The van der Waals surface area contributed by atoms with Gasteiger partial charge in [0.05, 0.1) is 0 Å². The van der Waals surface area contributed by atoms with Crippen molar-refractivity contribution in [1.82, 2.24) is 0 Å². The molecule has 0 amide bonds. The van der Waals surface area contributed by atoms with Gasteiger partial charge >= 0.3 is 0 Å². The summed E-state index contributed by atoms with van der Waals surface area (Å²) in [5, 5.41) is 0. The van der Waals surface area contributed by atoms with E-state index < -0.39 is 0 Å². The molecule has 5 fully saturated rings. The Hall–Kier alpha value is -0.0400. The Balaban J connectivity index is 1.87. The van der Waals surface area contributed by atoms with Crippen LogP contribution in [0.4, 0.5) is 0 Å². The normalized spacial score (nSPS) is 75.5. The van der Waals surface area contributed by atoms with Crippen LogP contribution >= 0.6 is 0 Å². The summed E-state index contributed by atoms with van der Waals surface area (Å²) in [5.74, 6) is 5.58. The van der Waals surface area contributed by atoms with Gasteiger partial charge in [0.2, 0.25) is 0 Å². The van der Waals surface area contributed by atoms with Crippen molar-refractivity contribution in [3.05, 3.63) is 0 Å². The molecule has 1 nitrogen and oxygen atoms in total. The quantitative estimate of drug-likeness (QED) is 0.553. The Bertz CT molecular complexity index is 217. The molecule has 1 heteroatoms. The van der Waals surface area contributed by atoms with Gasteiger partial charge in [0, 0.05) is 5.54 Å². The first kappa shape index (κ1) is 5.58. The van der Waals surface area contributed by atoms with Crippen molar-refractivity contribution in [1.29, 1.82) is 0 Å². The molecule has 5 saturated carbocycles. The molecule has 0 aromatic heterocycles. The fourth-order valence-electron chi connectivity index (χ4n) is 4.93. The summed E-state index contributed by atoms with van der Waals surface area (Å²) in [6.07, 6.45) is 5.68. The first-order chi connectivity index (χ1) is 5.27. The molecule has 0 aliphatic heterocycles. The maximum Gasteiger partial charge on any atom is 0.0162 e. The third-order valence-corrected chi connectivity index (χ3v) is 4.97. The van der Waals surface area contributed by atoms with Gasteiger partial charge in [-0.1, -0.05) is 0 Å². The van der Waals surface area contributed by atoms with Gasteiger partial charge in [-0.15, -0.1) is 0 Å². The monoisotopic (exact) mass is 149 g/mol. The second-order valence-electron chi connectivity index (χ2n) is 5.55. The number of rotatable bonds is 0. The van der Waals surface area contributed by atoms with E-state index in [2.05, 4.69) is 0 Å². The van der Waals surface area contributed by atoms with Crippen LogP contribution < -0.4 is 5.73 Å². The highest BCUT2D eigenvalue weighted by Gasteiger charge is 2.71. The molecule has 0 heterocycles. The van der Waals surface area contributed by atoms with Crippen molar-refractivity contribution in [2.75, 3.05) is 0 Å². The third kappa shape index (κ3) is 0.462. The van der Waals surface area contributed by atoms with Gasteiger partial charge in [0.1, 0.15) is 0 Å². The van der Waals surface area contributed by atoms with E-state index in [4.69, 9.17) is 5.73 Å². The Labute approximate surface area is 67.3 Å². The van der Waals surface area contributed by atoms with Crippen LogP contribution in [0.25, 0.3) is 0 Å². The van der Waals surface area contributed by atoms with Crippen LogP contribution in [0.15, 0.2) is 0 Å². The average molecular weight is 149 g/mol. The van der Waals surface area contributed by atoms with E-state index in [-0.39, 0.29) is 0 Å². The molecule has 0 saturated heterocycles. The van der Waals surface area contributed by atoms with Gasteiger partial charge < -0.3 is 5.73 Å². The van der Waals surface area contributed by atoms with Crippen molar-refractivity contribution in [3.8, 4) is 0 Å². The largest absolute Gasteiger partial charge is 0.325 e. The summed E-state index contributed by atoms with van der Waals surface area (Å²) in [7, 11) is 0. The van der Waals surface area contributed by atoms with E-state index in [0.29, 0.717) is 5.54 Å². The summed E-state index contributed by atoms with van der Waals surface area (Å²) in [5.41, 5.74) is 6.66. The Morgan fingerprint density at radius 1 is 1.00 bits per heavy atom. The van der Waals surface area contributed by atoms with Gasteiger partial charge in [0.15, 0.2) is 0 Å². The van der Waals surface area contributed by atoms with Crippen LogP contribution in [-0.4, -0.2) is 5.54 Å². The van der Waals surface area contributed by atoms with Crippen LogP contribution in [0, 0.1) is 29.6 Å². The van der Waals surface area contributed by atoms with Gasteiger partial charge in [-0.05, 0) is 55.3 Å². The van der Waals surface area contributed by atoms with Crippen LogP contribution in [0.1, 0.15) is 25.7 Å². The fraction of sp³-hybridized carbons (Fsp3) is 1.00. The topological polar surface area (TPSA) is 26.0 Å². The van der Waals surface area contributed by atoms with Crippen LogP contribution in [0.3, 0.4) is 0 Å². The predicted molar refractivity (Wildman–Crippen MR) is 42.8 cm³/mol. The van der Waals surface area contributed by atoms with Crippen LogP contribution in [-0.2, 0) is 0 Å². The van der Waals surface area contributed by atoms with E-state index in [9.17, 15) is 0 Å². The maximum absolute atomic E-state index is 6.33. The lowest BCUT2D eigenvalue weighted by molar-refractivity contribution is 0.0983. The molecule has 4 unspecified atom stereocenters. The van der Waals surface area contributed by atoms with Crippen molar-refractivity contribution in [2.45, 2.75) is 31.2 Å². The summed E-state index contributed by atoms with van der Waals surface area (Å²) in [6, 6.07) is 0. The van der Waals surface area contributed by atoms with Crippen LogP contribution in [0.5, 0.6) is 0 Å². The minimum atomic E-state index is 0.321. The first-order valence-corrected chi connectivity index (χ1v) is 5.06. The Morgan fingerprint density at radius 3 is 2.18 bits per heavy atom. The summed E-state index contributed by atoms with van der Waals surface area (Å²) >= 11 is 0. The zero-order valence-electron chi connectivity index (χ0n) is 6.79. The molecule has 2 N–H and O–H groups in total. The van der Waals surface area contributed by atoms with E-state index in [0.717, 1.165) is 17.8 Å². The van der Waals surface area contributed by atoms with Crippen molar-refractivity contribution >= 4 is 0 Å². The lowest BCUT2D eigenvalue weighted by Gasteiger charge is -2.45. The van der Waals surface area contributed by atoms with Crippen molar-refractivity contribution in [2.24, 2.45) is 35.3 Å². The molecule has 0 aromatic carbocycles. The molecule has 60 valence electrons. The maximum atomic E-state index is 6.33. The molecule has 4 bridgehead atoms. The summed E-state index contributed by atoms with van der Waals surface area (Å²) < 4.78 is 0. The molecule has 5 aliphatic carbocycles. The van der Waals surface area contributed by atoms with Crippen molar-refractivity contribution in [3.63, 3.8) is 0 Å². The number of hydrogen-bond donors (Lipinski definition) is 1. The average Bonchev–Trinajstić information content (AvgIpc) is 2.51. The predicted octanol–water partition coefficient (Wildman–Crippen LogP) is 1.38. The second kappa shape index (κ2) is 1.28. The first-order valence-electron chi connectivity index (χ1n) is 5.06. The van der Waals surface area contributed by atoms with E-state index in [1.165, 1.54) is 31.1 Å². The summed E-state index contributed by atoms with van der Waals surface area (Å²) in [6.45, 7) is 0. The molecule has 11 heavy (non-hydrogen) atoms. The Kier molecular flexibility index (Phi) is 0.651. The minimum Gasteiger partial charge on any atom is -0.325 e. The SMILES string of the molecule is NC12CC3C4C3[C@@H](C[C@@H]4C1)C2. The highest BCUT2D eigenvalue weighted by Crippen LogP contribution is 2.75. The third-order valence-electron chi connectivity index (χ3n) is 4.97. The minimum absolute atomic E-state index is 0.321. The van der Waals surface area contributed by atoms with Gasteiger partial charge in [-0.25, -0.2) is 0 Å². The lowest BCUT2D eigenvalue weighted by Crippen LogP contribution is -2.50. The van der Waals surface area contributed by atoms with Gasteiger partial charge in [-0.3, -0.25) is 0 Å². The zero-order chi connectivity index (χ0) is 7.22. The number of nitrogens with two attached hydrogens (primary N) is 1. The van der Waals surface area contributed by atoms with Gasteiger partial charge in [0.25, 0.3) is 0 Å². The molecule has 0 radical (unpaired) electrons. The fourth-order valence-corrected chi connectivity index (χ4v) is 4.93. The van der Waals surface area contributed by atoms with E-state index in [1.54, 1.807) is 6.42 Å². The van der Waals surface area contributed by atoms with E-state index in [1.807, 2.05) is 0 Å². The molecule has 0 spiro atoms. The summed E-state index contributed by atoms with van der Waals surface area (Å²) in [4.78, 5) is 0. The highest BCUT2D eigenvalue weighted by atomic mass is 14.9. The molecule has 0 aromatic rings. The zero-order valence-corrected chi connectivity index (χ0v) is 6.79. The highest BCUT2D eigenvalue weighted by molar-refractivity contribution is 5.22. The number of hydrogen-bond acceptors (Lipinski definition) is 1. The second-order valence-corrected chi connectivity index (χ2v) is 5.55. The molecular formula is C10H15N.